The molecule has 41 heavy (non-hydrogen) atoms. The fourth-order valence-electron chi connectivity index (χ4n) is 4.77. The lowest BCUT2D eigenvalue weighted by atomic mass is 10.0. The third-order valence-corrected chi connectivity index (χ3v) is 7.25. The number of nitro benzene ring substituents is 1. The minimum absolute atomic E-state index is 0.0984. The molecule has 2 aromatic rings. The van der Waals surface area contributed by atoms with Gasteiger partial charge in [-0.3, -0.25) is 14.9 Å². The molecular weight excluding hydrogens is 526 g/mol. The number of fused-ring (bicyclic) bond motifs is 1. The summed E-state index contributed by atoms with van der Waals surface area (Å²) in [6, 6.07) is 2.21. The topological polar surface area (TPSA) is 164 Å². The first-order valence-corrected chi connectivity index (χ1v) is 15.4. The predicted molar refractivity (Wildman–Crippen MR) is 161 cm³/mol. The molecule has 2 atom stereocenters. The standard InChI is InChI=1S/C30H49N5O6/c1-2-3-4-5-6-7-8-9-10-11-12-13-15-18-27(37)25(23-36)32-28(38)19-16-14-17-22-31-24-20-21-26(35(39)40)30-29(24)33-41-34-30/h15,18,20-21,25,27,31,36-37H,2-14,16-17,19,22-23H2,1H3,(H,32,38)/b18-15-. The molecule has 11 nitrogen and oxygen atoms in total. The van der Waals surface area contributed by atoms with E-state index in [2.05, 4.69) is 32.5 Å². The summed E-state index contributed by atoms with van der Waals surface area (Å²) in [6.07, 6.45) is 20.3. The molecule has 11 heteroatoms. The van der Waals surface area contributed by atoms with E-state index in [1.807, 2.05) is 6.08 Å². The number of benzene rings is 1. The molecule has 0 saturated carbocycles. The van der Waals surface area contributed by atoms with Gasteiger partial charge in [-0.2, -0.15) is 0 Å². The number of nitro groups is 1. The second kappa shape index (κ2) is 20.8. The number of allylic oxidation sites excluding steroid dienone is 1. The normalized spacial score (nSPS) is 13.0. The van der Waals surface area contributed by atoms with Gasteiger partial charge >= 0.3 is 5.69 Å². The van der Waals surface area contributed by atoms with Crippen molar-refractivity contribution in [2.45, 2.75) is 122 Å². The average Bonchev–Trinajstić information content (AvgIpc) is 3.46. The highest BCUT2D eigenvalue weighted by Crippen LogP contribution is 2.28. The Morgan fingerprint density at radius 2 is 1.61 bits per heavy atom. The van der Waals surface area contributed by atoms with E-state index < -0.39 is 17.1 Å². The lowest BCUT2D eigenvalue weighted by molar-refractivity contribution is -0.383. The first kappa shape index (κ1) is 34.2. The van der Waals surface area contributed by atoms with Gasteiger partial charge in [-0.25, -0.2) is 4.63 Å². The molecule has 0 bridgehead atoms. The van der Waals surface area contributed by atoms with Gasteiger partial charge in [0.1, 0.15) is 0 Å². The molecule has 0 aliphatic carbocycles. The van der Waals surface area contributed by atoms with E-state index in [1.165, 1.54) is 70.3 Å². The Morgan fingerprint density at radius 3 is 2.27 bits per heavy atom. The molecule has 0 fully saturated rings. The number of unbranched alkanes of at least 4 members (excludes halogenated alkanes) is 13. The lowest BCUT2D eigenvalue weighted by Crippen LogP contribution is -2.45. The van der Waals surface area contributed by atoms with Crippen molar-refractivity contribution in [2.24, 2.45) is 0 Å². The molecule has 1 heterocycles. The molecular formula is C30H49N5O6. The van der Waals surface area contributed by atoms with Gasteiger partial charge in [-0.1, -0.05) is 89.7 Å². The van der Waals surface area contributed by atoms with Crippen LogP contribution in [0, 0.1) is 10.1 Å². The van der Waals surface area contributed by atoms with Crippen molar-refractivity contribution < 1.29 is 24.6 Å². The summed E-state index contributed by atoms with van der Waals surface area (Å²) in [5, 5.41) is 44.4. The van der Waals surface area contributed by atoms with Gasteiger partial charge in [0.25, 0.3) is 0 Å². The number of carbonyl (C=O) groups is 1. The Morgan fingerprint density at radius 1 is 0.976 bits per heavy atom. The first-order chi connectivity index (χ1) is 20.0. The van der Waals surface area contributed by atoms with Crippen LogP contribution in [0.3, 0.4) is 0 Å². The summed E-state index contributed by atoms with van der Waals surface area (Å²) in [5.41, 5.74) is 0.839. The molecule has 1 amide bonds. The van der Waals surface area contributed by atoms with Crippen molar-refractivity contribution in [1.29, 1.82) is 0 Å². The van der Waals surface area contributed by atoms with Crippen molar-refractivity contribution in [2.75, 3.05) is 18.5 Å². The zero-order chi connectivity index (χ0) is 29.7. The molecule has 0 aliphatic rings. The zero-order valence-electron chi connectivity index (χ0n) is 24.6. The number of hydrogen-bond acceptors (Lipinski definition) is 9. The smallest absolute Gasteiger partial charge is 0.300 e. The van der Waals surface area contributed by atoms with Crippen LogP contribution in [0.1, 0.15) is 110 Å². The van der Waals surface area contributed by atoms with Crippen LogP contribution in [0.2, 0.25) is 0 Å². The Labute approximate surface area is 243 Å². The number of carbonyl (C=O) groups excluding carboxylic acids is 1. The Kier molecular flexibility index (Phi) is 17.3. The Hall–Kier alpha value is -3.05. The Balaban J connectivity index is 1.52. The second-order valence-corrected chi connectivity index (χ2v) is 10.7. The molecule has 1 aromatic carbocycles. The summed E-state index contributed by atoms with van der Waals surface area (Å²) in [7, 11) is 0. The highest BCUT2D eigenvalue weighted by molar-refractivity contribution is 5.93. The fourth-order valence-corrected chi connectivity index (χ4v) is 4.77. The van der Waals surface area contributed by atoms with Gasteiger partial charge in [0, 0.05) is 19.0 Å². The largest absolute Gasteiger partial charge is 0.394 e. The number of anilines is 1. The average molecular weight is 576 g/mol. The third-order valence-electron chi connectivity index (χ3n) is 7.25. The van der Waals surface area contributed by atoms with Crippen molar-refractivity contribution >= 4 is 28.3 Å². The predicted octanol–water partition coefficient (Wildman–Crippen LogP) is 6.20. The first-order valence-electron chi connectivity index (χ1n) is 15.4. The van der Waals surface area contributed by atoms with Crippen LogP contribution in [0.4, 0.5) is 11.4 Å². The molecule has 1 aromatic heterocycles. The number of aliphatic hydroxyl groups excluding tert-OH is 2. The van der Waals surface area contributed by atoms with Gasteiger partial charge in [0.05, 0.1) is 29.4 Å². The molecule has 230 valence electrons. The van der Waals surface area contributed by atoms with Gasteiger partial charge in [0.2, 0.25) is 11.4 Å². The van der Waals surface area contributed by atoms with Crippen LogP contribution >= 0.6 is 0 Å². The third kappa shape index (κ3) is 13.4. The maximum Gasteiger partial charge on any atom is 0.300 e. The molecule has 0 aliphatic heterocycles. The number of hydrogen-bond donors (Lipinski definition) is 4. The number of rotatable bonds is 24. The van der Waals surface area contributed by atoms with Crippen LogP contribution in [0.15, 0.2) is 28.9 Å². The van der Waals surface area contributed by atoms with Gasteiger partial charge in [-0.15, -0.1) is 0 Å². The monoisotopic (exact) mass is 575 g/mol. The molecule has 2 rings (SSSR count). The van der Waals surface area contributed by atoms with Crippen LogP contribution < -0.4 is 10.6 Å². The number of nitrogens with zero attached hydrogens (tertiary/aromatic N) is 3. The van der Waals surface area contributed by atoms with E-state index in [4.69, 9.17) is 0 Å². The van der Waals surface area contributed by atoms with E-state index in [1.54, 1.807) is 12.1 Å². The highest BCUT2D eigenvalue weighted by atomic mass is 16.6. The summed E-state index contributed by atoms with van der Waals surface area (Å²) in [4.78, 5) is 22.9. The van der Waals surface area contributed by atoms with Crippen LogP contribution in [0.5, 0.6) is 0 Å². The summed E-state index contributed by atoms with van der Waals surface area (Å²) >= 11 is 0. The quantitative estimate of drug-likeness (QED) is 0.0494. The minimum Gasteiger partial charge on any atom is -0.394 e. The fraction of sp³-hybridized carbons (Fsp3) is 0.700. The molecule has 0 saturated heterocycles. The second-order valence-electron chi connectivity index (χ2n) is 10.7. The van der Waals surface area contributed by atoms with Crippen molar-refractivity contribution in [3.8, 4) is 0 Å². The van der Waals surface area contributed by atoms with Crippen LogP contribution in [-0.2, 0) is 4.79 Å². The molecule has 0 spiro atoms. The molecule has 0 radical (unpaired) electrons. The van der Waals surface area contributed by atoms with Crippen LogP contribution in [-0.4, -0.2) is 56.7 Å². The number of non-ortho nitro benzene ring substituents is 1. The van der Waals surface area contributed by atoms with Crippen molar-refractivity contribution in [3.05, 3.63) is 34.4 Å². The van der Waals surface area contributed by atoms with E-state index in [0.29, 0.717) is 30.6 Å². The SMILES string of the molecule is CCCCCCCCCCCCC/C=C\C(O)C(CO)NC(=O)CCCCCNc1ccc([N+](=O)[O-])c2nonc12. The van der Waals surface area contributed by atoms with Crippen LogP contribution in [0.25, 0.3) is 11.0 Å². The van der Waals surface area contributed by atoms with Gasteiger partial charge in [-0.05, 0) is 42.1 Å². The summed E-state index contributed by atoms with van der Waals surface area (Å²) in [5.74, 6) is -0.208. The summed E-state index contributed by atoms with van der Waals surface area (Å²) < 4.78 is 4.66. The van der Waals surface area contributed by atoms with E-state index in [0.717, 1.165) is 25.7 Å². The van der Waals surface area contributed by atoms with Gasteiger partial charge < -0.3 is 20.8 Å². The van der Waals surface area contributed by atoms with Gasteiger partial charge in [0.15, 0.2) is 5.52 Å². The Bertz CT molecular complexity index is 1040. The zero-order valence-corrected chi connectivity index (χ0v) is 24.6. The number of nitrogens with one attached hydrogen (secondary N) is 2. The maximum atomic E-state index is 12.3. The number of amides is 1. The van der Waals surface area contributed by atoms with Crippen molar-refractivity contribution in [3.63, 3.8) is 0 Å². The molecule has 2 unspecified atom stereocenters. The maximum absolute atomic E-state index is 12.3. The van der Waals surface area contributed by atoms with Crippen molar-refractivity contribution in [1.82, 2.24) is 15.6 Å². The van der Waals surface area contributed by atoms with E-state index in [9.17, 15) is 25.1 Å². The number of aromatic nitrogens is 2. The minimum atomic E-state index is -0.926. The summed E-state index contributed by atoms with van der Waals surface area (Å²) in [6.45, 7) is 2.50. The molecule has 4 N–H and O–H groups in total. The van der Waals surface area contributed by atoms with E-state index >= 15 is 0 Å². The van der Waals surface area contributed by atoms with E-state index in [-0.39, 0.29) is 23.7 Å². The lowest BCUT2D eigenvalue weighted by Gasteiger charge is -2.20. The highest BCUT2D eigenvalue weighted by Gasteiger charge is 2.20. The number of aliphatic hydroxyl groups is 2.